The van der Waals surface area contributed by atoms with Gasteiger partial charge < -0.3 is 15.2 Å². The summed E-state index contributed by atoms with van der Waals surface area (Å²) in [5.74, 6) is 2.03. The summed E-state index contributed by atoms with van der Waals surface area (Å²) < 4.78 is 5.07. The van der Waals surface area contributed by atoms with Gasteiger partial charge in [0.15, 0.2) is 11.8 Å². The van der Waals surface area contributed by atoms with E-state index < -0.39 is 0 Å². The molecule has 0 amide bonds. The van der Waals surface area contributed by atoms with E-state index in [2.05, 4.69) is 30.7 Å². The lowest BCUT2D eigenvalue weighted by molar-refractivity contribution is 0.321. The van der Waals surface area contributed by atoms with Crippen molar-refractivity contribution in [2.45, 2.75) is 44.8 Å². The second kappa shape index (κ2) is 5.78. The Morgan fingerprint density at radius 2 is 2.30 bits per heavy atom. The van der Waals surface area contributed by atoms with Gasteiger partial charge >= 0.3 is 0 Å². The van der Waals surface area contributed by atoms with E-state index in [0.717, 1.165) is 18.5 Å². The van der Waals surface area contributed by atoms with Crippen molar-refractivity contribution < 1.29 is 4.52 Å². The highest BCUT2D eigenvalue weighted by atomic mass is 16.5. The molecular weight excluding hydrogens is 256 g/mol. The normalized spacial score (nSPS) is 24.1. The van der Waals surface area contributed by atoms with Crippen LogP contribution >= 0.6 is 0 Å². The lowest BCUT2D eigenvalue weighted by Gasteiger charge is -2.18. The van der Waals surface area contributed by atoms with E-state index in [-0.39, 0.29) is 0 Å². The predicted molar refractivity (Wildman–Crippen MR) is 75.4 cm³/mol. The minimum Gasteiger partial charge on any atom is -0.352 e. The van der Waals surface area contributed by atoms with Crippen molar-refractivity contribution in [2.75, 3.05) is 20.1 Å². The van der Waals surface area contributed by atoms with Crippen LogP contribution < -0.4 is 10.6 Å². The SMILES string of the molecule is CN=C(NCc1nc(C)no1)NC1CCN(C2CC2)C1. The molecule has 2 N–H and O–H groups in total. The molecule has 1 atom stereocenters. The molecule has 1 saturated carbocycles. The summed E-state index contributed by atoms with van der Waals surface area (Å²) in [5, 5.41) is 10.4. The third-order valence-electron chi connectivity index (χ3n) is 3.82. The average Bonchev–Trinajstić information content (AvgIpc) is 3.06. The molecule has 1 aromatic heterocycles. The van der Waals surface area contributed by atoms with Crippen molar-refractivity contribution in [1.29, 1.82) is 0 Å². The molecule has 1 aliphatic heterocycles. The van der Waals surface area contributed by atoms with Gasteiger partial charge in [0.25, 0.3) is 0 Å². The summed E-state index contributed by atoms with van der Waals surface area (Å²) in [5.41, 5.74) is 0. The van der Waals surface area contributed by atoms with Crippen LogP contribution in [0.5, 0.6) is 0 Å². The molecule has 1 saturated heterocycles. The zero-order valence-electron chi connectivity index (χ0n) is 12.1. The van der Waals surface area contributed by atoms with Crippen LogP contribution in [0.4, 0.5) is 0 Å². The smallest absolute Gasteiger partial charge is 0.246 e. The molecule has 1 aromatic rings. The second-order valence-electron chi connectivity index (χ2n) is 5.52. The first-order valence-corrected chi connectivity index (χ1v) is 7.25. The molecule has 0 radical (unpaired) electrons. The van der Waals surface area contributed by atoms with E-state index in [0.29, 0.717) is 24.3 Å². The molecule has 0 bridgehead atoms. The first-order chi connectivity index (χ1) is 9.74. The van der Waals surface area contributed by atoms with Gasteiger partial charge in [-0.15, -0.1) is 0 Å². The number of nitrogens with zero attached hydrogens (tertiary/aromatic N) is 4. The zero-order valence-corrected chi connectivity index (χ0v) is 12.1. The van der Waals surface area contributed by atoms with Crippen molar-refractivity contribution in [3.63, 3.8) is 0 Å². The highest BCUT2D eigenvalue weighted by Gasteiger charge is 2.34. The molecule has 0 spiro atoms. The van der Waals surface area contributed by atoms with Crippen molar-refractivity contribution in [3.8, 4) is 0 Å². The molecular formula is C13H22N6O. The lowest BCUT2D eigenvalue weighted by atomic mass is 10.3. The maximum absolute atomic E-state index is 5.07. The molecule has 110 valence electrons. The van der Waals surface area contributed by atoms with Gasteiger partial charge in [-0.3, -0.25) is 9.89 Å². The molecule has 7 heteroatoms. The standard InChI is InChI=1S/C13H22N6O/c1-9-16-12(20-18-9)7-15-13(14-2)17-10-5-6-19(8-10)11-3-4-11/h10-11H,3-8H2,1-2H3,(H2,14,15,17). The highest BCUT2D eigenvalue weighted by molar-refractivity contribution is 5.79. The van der Waals surface area contributed by atoms with E-state index in [9.17, 15) is 0 Å². The molecule has 2 heterocycles. The molecule has 2 aliphatic rings. The van der Waals surface area contributed by atoms with Crippen LogP contribution in [0.2, 0.25) is 0 Å². The summed E-state index contributed by atoms with van der Waals surface area (Å²) in [4.78, 5) is 11.0. The van der Waals surface area contributed by atoms with Crippen LogP contribution in [0.3, 0.4) is 0 Å². The van der Waals surface area contributed by atoms with Crippen molar-refractivity contribution in [3.05, 3.63) is 11.7 Å². The number of hydrogen-bond donors (Lipinski definition) is 2. The summed E-state index contributed by atoms with van der Waals surface area (Å²) in [6, 6.07) is 1.32. The summed E-state index contributed by atoms with van der Waals surface area (Å²) in [6.45, 7) is 4.62. The van der Waals surface area contributed by atoms with Crippen molar-refractivity contribution >= 4 is 5.96 Å². The van der Waals surface area contributed by atoms with Gasteiger partial charge in [0.05, 0.1) is 6.54 Å². The fourth-order valence-electron chi connectivity index (χ4n) is 2.64. The number of nitrogens with one attached hydrogen (secondary N) is 2. The molecule has 7 nitrogen and oxygen atoms in total. The Kier molecular flexibility index (Phi) is 3.86. The second-order valence-corrected chi connectivity index (χ2v) is 5.52. The zero-order chi connectivity index (χ0) is 13.9. The summed E-state index contributed by atoms with van der Waals surface area (Å²) in [7, 11) is 1.78. The monoisotopic (exact) mass is 278 g/mol. The molecule has 20 heavy (non-hydrogen) atoms. The van der Waals surface area contributed by atoms with Gasteiger partial charge in [-0.25, -0.2) is 0 Å². The van der Waals surface area contributed by atoms with E-state index in [1.807, 2.05) is 6.92 Å². The Morgan fingerprint density at radius 1 is 1.45 bits per heavy atom. The fourth-order valence-corrected chi connectivity index (χ4v) is 2.64. The van der Waals surface area contributed by atoms with Gasteiger partial charge in [0.1, 0.15) is 0 Å². The average molecular weight is 278 g/mol. The van der Waals surface area contributed by atoms with Crippen molar-refractivity contribution in [2.24, 2.45) is 4.99 Å². The molecule has 0 aromatic carbocycles. The van der Waals surface area contributed by atoms with E-state index in [1.54, 1.807) is 7.05 Å². The summed E-state index contributed by atoms with van der Waals surface area (Å²) >= 11 is 0. The Bertz CT molecular complexity index is 481. The van der Waals surface area contributed by atoms with Crippen LogP contribution in [0, 0.1) is 6.92 Å². The number of aliphatic imine (C=N–C) groups is 1. The van der Waals surface area contributed by atoms with Crippen LogP contribution in [-0.2, 0) is 6.54 Å². The predicted octanol–water partition coefficient (Wildman–Crippen LogP) is 0.280. The molecule has 3 rings (SSSR count). The molecule has 1 aliphatic carbocycles. The lowest BCUT2D eigenvalue weighted by Crippen LogP contribution is -2.44. The van der Waals surface area contributed by atoms with Crippen LogP contribution in [0.25, 0.3) is 0 Å². The van der Waals surface area contributed by atoms with E-state index >= 15 is 0 Å². The Hall–Kier alpha value is -1.63. The fraction of sp³-hybridized carbons (Fsp3) is 0.769. The first-order valence-electron chi connectivity index (χ1n) is 7.25. The minimum atomic E-state index is 0.478. The van der Waals surface area contributed by atoms with Crippen LogP contribution in [0.1, 0.15) is 31.0 Å². The van der Waals surface area contributed by atoms with Crippen LogP contribution in [0.15, 0.2) is 9.52 Å². The van der Waals surface area contributed by atoms with Crippen molar-refractivity contribution in [1.82, 2.24) is 25.7 Å². The Morgan fingerprint density at radius 3 is 2.95 bits per heavy atom. The largest absolute Gasteiger partial charge is 0.352 e. The van der Waals surface area contributed by atoms with Gasteiger partial charge in [0, 0.05) is 32.2 Å². The van der Waals surface area contributed by atoms with E-state index in [4.69, 9.17) is 4.52 Å². The third kappa shape index (κ3) is 3.27. The quantitative estimate of drug-likeness (QED) is 0.608. The van der Waals surface area contributed by atoms with Gasteiger partial charge in [-0.05, 0) is 26.2 Å². The minimum absolute atomic E-state index is 0.478. The third-order valence-corrected chi connectivity index (χ3v) is 3.82. The molecule has 2 fully saturated rings. The number of aryl methyl sites for hydroxylation is 1. The van der Waals surface area contributed by atoms with Gasteiger partial charge in [-0.2, -0.15) is 4.98 Å². The maximum Gasteiger partial charge on any atom is 0.246 e. The summed E-state index contributed by atoms with van der Waals surface area (Å²) in [6.07, 6.45) is 3.92. The van der Waals surface area contributed by atoms with Gasteiger partial charge in [-0.1, -0.05) is 5.16 Å². The van der Waals surface area contributed by atoms with E-state index in [1.165, 1.54) is 25.8 Å². The Labute approximate surface area is 118 Å². The first kappa shape index (κ1) is 13.4. The number of hydrogen-bond acceptors (Lipinski definition) is 5. The Balaban J connectivity index is 1.45. The number of rotatable bonds is 4. The molecule has 1 unspecified atom stereocenters. The van der Waals surface area contributed by atoms with Crippen LogP contribution in [-0.4, -0.2) is 53.2 Å². The maximum atomic E-state index is 5.07. The number of guanidine groups is 1. The highest BCUT2D eigenvalue weighted by Crippen LogP contribution is 2.29. The topological polar surface area (TPSA) is 78.6 Å². The number of likely N-dealkylation sites (tertiary alicyclic amines) is 1. The van der Waals surface area contributed by atoms with Gasteiger partial charge in [0.2, 0.25) is 5.89 Å². The number of aromatic nitrogens is 2.